The Kier molecular flexibility index (Phi) is 6.85. The topological polar surface area (TPSA) is 117 Å². The van der Waals surface area contributed by atoms with Crippen molar-refractivity contribution in [2.45, 2.75) is 44.8 Å². The van der Waals surface area contributed by atoms with Gasteiger partial charge in [-0.3, -0.25) is 24.1 Å². The Balaban J connectivity index is 1.26. The molecule has 0 radical (unpaired) electrons. The highest BCUT2D eigenvalue weighted by Gasteiger charge is 2.45. The highest BCUT2D eigenvalue weighted by molar-refractivity contribution is 6.08. The van der Waals surface area contributed by atoms with Crippen LogP contribution in [0.25, 0.3) is 22.6 Å². The molecule has 47 heavy (non-hydrogen) atoms. The average Bonchev–Trinajstić information content (AvgIpc) is 3.86. The molecule has 0 spiro atoms. The number of benzene rings is 2. The molecule has 2 amide bonds. The summed E-state index contributed by atoms with van der Waals surface area (Å²) in [7, 11) is 0. The fourth-order valence-corrected chi connectivity index (χ4v) is 7.10. The Morgan fingerprint density at radius 2 is 1.60 bits per heavy atom. The van der Waals surface area contributed by atoms with Gasteiger partial charge >= 0.3 is 5.76 Å². The van der Waals surface area contributed by atoms with Gasteiger partial charge in [0.25, 0.3) is 11.8 Å². The molecule has 5 aromatic rings. The number of rotatable bonds is 7. The molecule has 6 heterocycles. The summed E-state index contributed by atoms with van der Waals surface area (Å²) in [6, 6.07) is 13.0. The molecule has 10 nitrogen and oxygen atoms in total. The van der Waals surface area contributed by atoms with E-state index in [4.69, 9.17) is 9.51 Å². The van der Waals surface area contributed by atoms with E-state index in [1.54, 1.807) is 29.2 Å². The van der Waals surface area contributed by atoms with Crippen molar-refractivity contribution < 1.29 is 27.3 Å². The number of hydrogen-bond donors (Lipinski definition) is 1. The largest absolute Gasteiger partial charge is 0.439 e. The summed E-state index contributed by atoms with van der Waals surface area (Å²) in [6.07, 6.45) is 2.48. The van der Waals surface area contributed by atoms with Crippen molar-refractivity contribution in [3.8, 4) is 22.6 Å². The molecule has 0 saturated carbocycles. The van der Waals surface area contributed by atoms with Crippen molar-refractivity contribution in [2.24, 2.45) is 0 Å². The standard InChI is InChI=1S/C34H27F3N6O4/c35-20-7-3-18(4-8-20)6-10-23-27(31-39-34(46)47-40-31)28(29-30(38-23)25-2-1-13-43(25)33(29)45)24-11-12-26-32(44)41(14-15-42(24)26)17-19-5-9-21(36)22(37)16-19/h3-5,7-9,11-12,16,25H,1-2,6,10,13-15,17H2,(H,39,40,46). The summed E-state index contributed by atoms with van der Waals surface area (Å²) in [6.45, 7) is 1.31. The van der Waals surface area contributed by atoms with Crippen LogP contribution in [0.5, 0.6) is 0 Å². The van der Waals surface area contributed by atoms with E-state index in [2.05, 4.69) is 10.1 Å². The second-order valence-electron chi connectivity index (χ2n) is 12.0. The molecule has 0 aliphatic carbocycles. The van der Waals surface area contributed by atoms with Crippen LogP contribution >= 0.6 is 0 Å². The number of carbonyl (C=O) groups is 2. The van der Waals surface area contributed by atoms with E-state index in [1.807, 2.05) is 9.47 Å². The molecule has 3 aromatic heterocycles. The minimum atomic E-state index is -0.983. The zero-order chi connectivity index (χ0) is 32.4. The van der Waals surface area contributed by atoms with Crippen molar-refractivity contribution in [3.05, 3.63) is 116 Å². The number of amides is 2. The van der Waals surface area contributed by atoms with Crippen LogP contribution < -0.4 is 5.76 Å². The Labute approximate surface area is 265 Å². The molecular formula is C34H27F3N6O4. The maximum Gasteiger partial charge on any atom is 0.439 e. The Bertz CT molecular complexity index is 2140. The lowest BCUT2D eigenvalue weighted by Crippen LogP contribution is -2.39. The van der Waals surface area contributed by atoms with Gasteiger partial charge in [0.1, 0.15) is 11.5 Å². The number of H-pyrrole nitrogens is 1. The lowest BCUT2D eigenvalue weighted by molar-refractivity contribution is 0.0691. The first-order chi connectivity index (χ1) is 22.8. The van der Waals surface area contributed by atoms with Gasteiger partial charge in [-0.05, 0) is 73.2 Å². The Morgan fingerprint density at radius 3 is 2.36 bits per heavy atom. The van der Waals surface area contributed by atoms with Crippen LogP contribution in [0, 0.1) is 17.5 Å². The summed E-state index contributed by atoms with van der Waals surface area (Å²) < 4.78 is 47.8. The molecule has 13 heteroatoms. The molecule has 1 N–H and O–H groups in total. The molecule has 1 saturated heterocycles. The van der Waals surface area contributed by atoms with E-state index in [9.17, 15) is 27.6 Å². The number of halogens is 3. The predicted molar refractivity (Wildman–Crippen MR) is 162 cm³/mol. The van der Waals surface area contributed by atoms with Gasteiger partial charge in [0, 0.05) is 31.7 Å². The molecule has 2 aromatic carbocycles. The smallest absolute Gasteiger partial charge is 0.335 e. The SMILES string of the molecule is O=C1c2ccc(-c3c4c(nc(CCc5ccc(F)cc5)c3-c3noc(=O)[nH]3)C3CCCN3C4=O)n2CCN1Cc1ccc(F)c(F)c1. The zero-order valence-corrected chi connectivity index (χ0v) is 24.9. The summed E-state index contributed by atoms with van der Waals surface area (Å²) in [5, 5.41) is 4.01. The van der Waals surface area contributed by atoms with Crippen molar-refractivity contribution in [1.82, 2.24) is 29.5 Å². The van der Waals surface area contributed by atoms with Crippen LogP contribution in [0.15, 0.2) is 63.9 Å². The van der Waals surface area contributed by atoms with E-state index < -0.39 is 17.4 Å². The first-order valence-corrected chi connectivity index (χ1v) is 15.4. The molecule has 1 unspecified atom stereocenters. The average molecular weight is 641 g/mol. The first-order valence-electron chi connectivity index (χ1n) is 15.4. The van der Waals surface area contributed by atoms with Crippen LogP contribution in [0.4, 0.5) is 13.2 Å². The number of aromatic nitrogens is 4. The van der Waals surface area contributed by atoms with Gasteiger partial charge in [-0.1, -0.05) is 23.4 Å². The van der Waals surface area contributed by atoms with Crippen molar-refractivity contribution in [1.29, 1.82) is 0 Å². The lowest BCUT2D eigenvalue weighted by Gasteiger charge is -2.30. The number of pyridine rings is 1. The van der Waals surface area contributed by atoms with Gasteiger partial charge in [0.05, 0.1) is 34.3 Å². The summed E-state index contributed by atoms with van der Waals surface area (Å²) in [5.41, 5.74) is 4.81. The summed E-state index contributed by atoms with van der Waals surface area (Å²) in [4.78, 5) is 51.1. The summed E-state index contributed by atoms with van der Waals surface area (Å²) in [5.74, 6) is -3.45. The van der Waals surface area contributed by atoms with Crippen LogP contribution in [-0.4, -0.2) is 54.4 Å². The number of nitrogens with one attached hydrogen (secondary N) is 1. The fourth-order valence-electron chi connectivity index (χ4n) is 7.10. The van der Waals surface area contributed by atoms with Crippen LogP contribution in [-0.2, 0) is 25.9 Å². The van der Waals surface area contributed by atoms with Crippen molar-refractivity contribution >= 4 is 11.8 Å². The summed E-state index contributed by atoms with van der Waals surface area (Å²) >= 11 is 0. The van der Waals surface area contributed by atoms with E-state index in [1.165, 1.54) is 18.2 Å². The number of hydrogen-bond acceptors (Lipinski definition) is 6. The van der Waals surface area contributed by atoms with Gasteiger partial charge in [0.15, 0.2) is 17.5 Å². The maximum absolute atomic E-state index is 14.0. The van der Waals surface area contributed by atoms with Crippen LogP contribution in [0.1, 0.15) is 62.2 Å². The van der Waals surface area contributed by atoms with E-state index in [0.717, 1.165) is 30.5 Å². The number of nitrogens with zero attached hydrogens (tertiary/aromatic N) is 5. The minimum absolute atomic E-state index is 0.0925. The van der Waals surface area contributed by atoms with Crippen molar-refractivity contribution in [3.63, 3.8) is 0 Å². The van der Waals surface area contributed by atoms with Gasteiger partial charge in [-0.25, -0.2) is 18.0 Å². The van der Waals surface area contributed by atoms with Crippen LogP contribution in [0.3, 0.4) is 0 Å². The first kappa shape index (κ1) is 29.0. The number of carbonyl (C=O) groups excluding carboxylic acids is 2. The lowest BCUT2D eigenvalue weighted by atomic mass is 9.91. The molecular weight excluding hydrogens is 613 g/mol. The number of aryl methyl sites for hydroxylation is 2. The van der Waals surface area contributed by atoms with Gasteiger partial charge in [-0.2, -0.15) is 0 Å². The zero-order valence-electron chi connectivity index (χ0n) is 24.9. The highest BCUT2D eigenvalue weighted by atomic mass is 19.2. The highest BCUT2D eigenvalue weighted by Crippen LogP contribution is 2.48. The van der Waals surface area contributed by atoms with Gasteiger partial charge in [-0.15, -0.1) is 0 Å². The fraction of sp³-hybridized carbons (Fsp3) is 0.265. The third-order valence-electron chi connectivity index (χ3n) is 9.28. The van der Waals surface area contributed by atoms with Gasteiger partial charge < -0.3 is 14.4 Å². The maximum atomic E-state index is 14.0. The van der Waals surface area contributed by atoms with Crippen LogP contribution in [0.2, 0.25) is 0 Å². The third-order valence-corrected chi connectivity index (χ3v) is 9.28. The molecule has 3 aliphatic rings. The molecule has 3 aliphatic heterocycles. The monoisotopic (exact) mass is 640 g/mol. The molecule has 1 fully saturated rings. The Hall–Kier alpha value is -5.46. The molecule has 8 rings (SSSR count). The minimum Gasteiger partial charge on any atom is -0.335 e. The quantitative estimate of drug-likeness (QED) is 0.266. The molecule has 238 valence electrons. The van der Waals surface area contributed by atoms with Gasteiger partial charge in [0.2, 0.25) is 0 Å². The van der Waals surface area contributed by atoms with Crippen molar-refractivity contribution in [2.75, 3.05) is 13.1 Å². The van der Waals surface area contributed by atoms with E-state index in [-0.39, 0.29) is 42.6 Å². The third kappa shape index (κ3) is 4.84. The Morgan fingerprint density at radius 1 is 0.809 bits per heavy atom. The molecule has 0 bridgehead atoms. The normalized spacial score (nSPS) is 17.0. The number of aromatic amines is 1. The second kappa shape index (κ2) is 11.1. The van der Waals surface area contributed by atoms with E-state index in [0.29, 0.717) is 71.0 Å². The number of fused-ring (bicyclic) bond motifs is 4. The predicted octanol–water partition coefficient (Wildman–Crippen LogP) is 5.04. The second-order valence-corrected chi connectivity index (χ2v) is 12.0. The van der Waals surface area contributed by atoms with E-state index >= 15 is 0 Å². The molecule has 1 atom stereocenters.